The zero-order valence-electron chi connectivity index (χ0n) is 31.0. The summed E-state index contributed by atoms with van der Waals surface area (Å²) in [6.07, 6.45) is 5.69. The monoisotopic (exact) mass is 725 g/mol. The van der Waals surface area contributed by atoms with Crippen LogP contribution in [0.1, 0.15) is 73.7 Å². The summed E-state index contributed by atoms with van der Waals surface area (Å²) in [7, 11) is 0. The van der Waals surface area contributed by atoms with Crippen molar-refractivity contribution >= 4 is 11.7 Å². The van der Waals surface area contributed by atoms with E-state index in [1.54, 1.807) is 0 Å². The molecule has 8 nitrogen and oxygen atoms in total. The molecule has 2 saturated heterocycles. The molecule has 5 aromatic rings. The molecule has 0 radical (unpaired) electrons. The fourth-order valence-electron chi connectivity index (χ4n) is 7.39. The summed E-state index contributed by atoms with van der Waals surface area (Å²) in [5.74, 6) is 1.60. The third kappa shape index (κ3) is 9.95. The minimum atomic E-state index is -0.532. The molecule has 0 saturated carbocycles. The maximum Gasteiger partial charge on any atom is 0.319 e. The second kappa shape index (κ2) is 18.4. The fourth-order valence-corrected chi connectivity index (χ4v) is 7.39. The van der Waals surface area contributed by atoms with Crippen LogP contribution in [-0.2, 0) is 22.6 Å². The van der Waals surface area contributed by atoms with Gasteiger partial charge in [-0.1, -0.05) is 105 Å². The number of benzene rings is 5. The molecule has 0 bridgehead atoms. The average Bonchev–Trinajstić information content (AvgIpc) is 3.20. The van der Waals surface area contributed by atoms with E-state index >= 15 is 0 Å². The van der Waals surface area contributed by atoms with Crippen LogP contribution in [0, 0.1) is 5.92 Å². The zero-order valence-corrected chi connectivity index (χ0v) is 31.0. The van der Waals surface area contributed by atoms with Gasteiger partial charge in [0.1, 0.15) is 11.5 Å². The number of para-hydroxylation sites is 1. The van der Waals surface area contributed by atoms with Gasteiger partial charge in [-0.3, -0.25) is 0 Å². The van der Waals surface area contributed by atoms with E-state index in [0.29, 0.717) is 18.0 Å². The molecule has 7 rings (SSSR count). The van der Waals surface area contributed by atoms with Gasteiger partial charge in [-0.05, 0) is 102 Å². The maximum absolute atomic E-state index is 12.8. The van der Waals surface area contributed by atoms with E-state index < -0.39 is 6.29 Å². The lowest BCUT2D eigenvalue weighted by atomic mass is 9.89. The molecule has 4 atom stereocenters. The highest BCUT2D eigenvalue weighted by Gasteiger charge is 2.39. The number of aliphatic hydroxyl groups excluding tert-OH is 1. The predicted molar refractivity (Wildman–Crippen MR) is 213 cm³/mol. The molecule has 0 unspecified atom stereocenters. The Hall–Kier alpha value is -4.99. The van der Waals surface area contributed by atoms with E-state index in [9.17, 15) is 9.90 Å². The van der Waals surface area contributed by atoms with Crippen LogP contribution in [0.5, 0.6) is 11.5 Å². The SMILES string of the molecule is C[C@@H]1[C@H](CN2CCCCCCC2)O[C@H](c2cccc(-c3cccc(CNC(=O)Nc4ccc(Oc5ccccc5)cc4)c3)c2)O[C@@H]1c1ccc(CO)cc1. The van der Waals surface area contributed by atoms with Crippen molar-refractivity contribution in [3.63, 3.8) is 0 Å². The molecule has 0 aromatic heterocycles. The van der Waals surface area contributed by atoms with E-state index in [1.165, 1.54) is 32.1 Å². The fraction of sp³-hybridized carbons (Fsp3) is 0.326. The van der Waals surface area contributed by atoms with Crippen LogP contribution in [-0.4, -0.2) is 41.8 Å². The summed E-state index contributed by atoms with van der Waals surface area (Å²) in [6.45, 7) is 5.72. The highest BCUT2D eigenvalue weighted by Crippen LogP contribution is 2.42. The van der Waals surface area contributed by atoms with Gasteiger partial charge in [-0.25, -0.2) is 4.79 Å². The van der Waals surface area contributed by atoms with Crippen molar-refractivity contribution in [3.05, 3.63) is 150 Å². The van der Waals surface area contributed by atoms with Gasteiger partial charge < -0.3 is 34.9 Å². The first-order chi connectivity index (χ1) is 26.5. The number of rotatable bonds is 11. The number of ether oxygens (including phenoxy) is 3. The van der Waals surface area contributed by atoms with Crippen LogP contribution < -0.4 is 15.4 Å². The van der Waals surface area contributed by atoms with Gasteiger partial charge in [-0.15, -0.1) is 0 Å². The molecule has 2 fully saturated rings. The first kappa shape index (κ1) is 37.3. The van der Waals surface area contributed by atoms with Crippen molar-refractivity contribution in [2.24, 2.45) is 5.92 Å². The van der Waals surface area contributed by atoms with E-state index in [0.717, 1.165) is 58.8 Å². The number of nitrogens with one attached hydrogen (secondary N) is 2. The smallest absolute Gasteiger partial charge is 0.319 e. The van der Waals surface area contributed by atoms with Gasteiger partial charge in [0.2, 0.25) is 0 Å². The van der Waals surface area contributed by atoms with E-state index in [2.05, 4.69) is 71.0 Å². The summed E-state index contributed by atoms with van der Waals surface area (Å²) >= 11 is 0. The number of carbonyl (C=O) groups excluding carboxylic acids is 1. The number of aliphatic hydroxyl groups is 1. The van der Waals surface area contributed by atoms with E-state index in [1.807, 2.05) is 78.9 Å². The van der Waals surface area contributed by atoms with Gasteiger partial charge in [0.05, 0.1) is 18.8 Å². The molecule has 2 amide bonds. The quantitative estimate of drug-likeness (QED) is 0.126. The van der Waals surface area contributed by atoms with Crippen LogP contribution in [0.3, 0.4) is 0 Å². The predicted octanol–water partition coefficient (Wildman–Crippen LogP) is 10.0. The van der Waals surface area contributed by atoms with Crippen LogP contribution in [0.15, 0.2) is 127 Å². The summed E-state index contributed by atoms with van der Waals surface area (Å²) in [4.78, 5) is 15.4. The number of nitrogens with zero attached hydrogens (tertiary/aromatic N) is 1. The number of amides is 2. The molecule has 0 spiro atoms. The molecular weight excluding hydrogens is 675 g/mol. The Bertz CT molecular complexity index is 1930. The zero-order chi connectivity index (χ0) is 37.1. The lowest BCUT2D eigenvalue weighted by Gasteiger charge is -2.43. The van der Waals surface area contributed by atoms with Gasteiger partial charge in [0, 0.05) is 30.3 Å². The molecule has 280 valence electrons. The van der Waals surface area contributed by atoms with Crippen molar-refractivity contribution in [2.45, 2.75) is 70.7 Å². The number of anilines is 1. The third-order valence-corrected chi connectivity index (χ3v) is 10.5. The highest BCUT2D eigenvalue weighted by molar-refractivity contribution is 5.89. The topological polar surface area (TPSA) is 92.3 Å². The lowest BCUT2D eigenvalue weighted by molar-refractivity contribution is -0.276. The van der Waals surface area contributed by atoms with Crippen molar-refractivity contribution in [2.75, 3.05) is 25.0 Å². The van der Waals surface area contributed by atoms with E-state index in [4.69, 9.17) is 14.2 Å². The number of likely N-dealkylation sites (tertiary alicyclic amines) is 1. The number of hydrogen-bond donors (Lipinski definition) is 3. The van der Waals surface area contributed by atoms with Gasteiger partial charge in [0.15, 0.2) is 6.29 Å². The van der Waals surface area contributed by atoms with Crippen LogP contribution in [0.4, 0.5) is 10.5 Å². The van der Waals surface area contributed by atoms with Crippen molar-refractivity contribution in [1.82, 2.24) is 10.2 Å². The second-order valence-electron chi connectivity index (χ2n) is 14.5. The standard InChI is InChI=1S/C46H51N3O5/c1-33-43(31-49-26-8-3-2-4-9-27-49)53-45(54-44(33)36-20-18-34(32-50)19-21-36)39-15-11-14-38(29-39)37-13-10-12-35(28-37)30-47-46(51)48-40-22-24-42(25-23-40)52-41-16-6-5-7-17-41/h5-7,10-25,28-29,33,43-45,50H,2-4,8-9,26-27,30-32H2,1H3,(H2,47,48,51)/t33-,43+,44+,45+/m1/s1. The highest BCUT2D eigenvalue weighted by atomic mass is 16.7. The number of urea groups is 1. The van der Waals surface area contributed by atoms with Gasteiger partial charge >= 0.3 is 6.03 Å². The normalized spacial score (nSPS) is 20.7. The summed E-state index contributed by atoms with van der Waals surface area (Å²) in [5.41, 5.74) is 6.71. The molecule has 2 heterocycles. The molecular formula is C46H51N3O5. The van der Waals surface area contributed by atoms with Crippen LogP contribution in [0.2, 0.25) is 0 Å². The summed E-state index contributed by atoms with van der Waals surface area (Å²) in [5, 5.41) is 15.5. The average molecular weight is 726 g/mol. The Kier molecular flexibility index (Phi) is 12.7. The molecule has 5 aromatic carbocycles. The van der Waals surface area contributed by atoms with Crippen LogP contribution >= 0.6 is 0 Å². The second-order valence-corrected chi connectivity index (χ2v) is 14.5. The lowest BCUT2D eigenvalue weighted by Crippen LogP contribution is -2.45. The third-order valence-electron chi connectivity index (χ3n) is 10.5. The Morgan fingerprint density at radius 2 is 1.41 bits per heavy atom. The Morgan fingerprint density at radius 1 is 0.722 bits per heavy atom. The van der Waals surface area contributed by atoms with Gasteiger partial charge in [0.25, 0.3) is 0 Å². The van der Waals surface area contributed by atoms with Crippen LogP contribution in [0.25, 0.3) is 11.1 Å². The first-order valence-corrected chi connectivity index (χ1v) is 19.3. The molecule has 8 heteroatoms. The molecule has 3 N–H and O–H groups in total. The Balaban J connectivity index is 1.02. The molecule has 2 aliphatic rings. The summed E-state index contributed by atoms with van der Waals surface area (Å²) in [6, 6.07) is 41.3. The van der Waals surface area contributed by atoms with Crippen molar-refractivity contribution < 1.29 is 24.1 Å². The van der Waals surface area contributed by atoms with Crippen molar-refractivity contribution in [3.8, 4) is 22.6 Å². The Morgan fingerprint density at radius 3 is 2.15 bits per heavy atom. The van der Waals surface area contributed by atoms with E-state index in [-0.39, 0.29) is 30.8 Å². The molecule has 54 heavy (non-hydrogen) atoms. The maximum atomic E-state index is 12.8. The number of hydrogen-bond acceptors (Lipinski definition) is 6. The first-order valence-electron chi connectivity index (χ1n) is 19.3. The minimum Gasteiger partial charge on any atom is -0.457 e. The Labute approximate surface area is 319 Å². The van der Waals surface area contributed by atoms with Gasteiger partial charge in [-0.2, -0.15) is 0 Å². The molecule has 2 aliphatic heterocycles. The molecule has 0 aliphatic carbocycles. The number of carbonyl (C=O) groups is 1. The minimum absolute atomic E-state index is 0.00420. The largest absolute Gasteiger partial charge is 0.457 e. The van der Waals surface area contributed by atoms with Crippen molar-refractivity contribution in [1.29, 1.82) is 0 Å². The summed E-state index contributed by atoms with van der Waals surface area (Å²) < 4.78 is 19.5.